The van der Waals surface area contributed by atoms with Crippen LogP contribution in [0.2, 0.25) is 0 Å². The van der Waals surface area contributed by atoms with E-state index in [2.05, 4.69) is 5.48 Å². The molecule has 0 aliphatic carbocycles. The van der Waals surface area contributed by atoms with Gasteiger partial charge in [-0.3, -0.25) is 5.48 Å². The number of carboxylic acids is 1. The first-order chi connectivity index (χ1) is 10.5. The monoisotopic (exact) mass is 337 g/mol. The summed E-state index contributed by atoms with van der Waals surface area (Å²) in [6.45, 7) is -0.597. The van der Waals surface area contributed by atoms with Gasteiger partial charge >= 0.3 is 29.6 Å². The molecule has 2 rings (SSSR count). The smallest absolute Gasteiger partial charge is 0.545 e. The predicted octanol–water partition coefficient (Wildman–Crippen LogP) is -5.80. The minimum atomic E-state index is -1.60. The number of nitrogens with one attached hydrogen (secondary N) is 1. The van der Waals surface area contributed by atoms with Crippen molar-refractivity contribution in [2.75, 3.05) is 12.1 Å². The van der Waals surface area contributed by atoms with Crippen molar-refractivity contribution in [3.63, 3.8) is 0 Å². The van der Waals surface area contributed by atoms with Crippen LogP contribution in [0.3, 0.4) is 0 Å². The van der Waals surface area contributed by atoms with Crippen LogP contribution in [0, 0.1) is 0 Å². The number of para-hydroxylation sites is 1. The maximum atomic E-state index is 10.9. The Bertz CT molecular complexity index is 528. The third-order valence-corrected chi connectivity index (χ3v) is 3.28. The summed E-state index contributed by atoms with van der Waals surface area (Å²) in [4.78, 5) is 16.0. The quantitative estimate of drug-likeness (QED) is 0.261. The van der Waals surface area contributed by atoms with E-state index in [0.717, 1.165) is 0 Å². The van der Waals surface area contributed by atoms with Gasteiger partial charge in [0.1, 0.15) is 24.4 Å². The number of ether oxygens (including phenoxy) is 1. The van der Waals surface area contributed by atoms with Crippen LogP contribution in [0.5, 0.6) is 0 Å². The molecule has 23 heavy (non-hydrogen) atoms. The molecule has 1 aromatic rings. The molecule has 1 unspecified atom stereocenters. The molecule has 122 valence electrons. The van der Waals surface area contributed by atoms with Gasteiger partial charge in [0.05, 0.1) is 18.3 Å². The number of carbonyl (C=O) groups excluding carboxylic acids is 1. The molecule has 0 aromatic heterocycles. The molecular formula is C13H16NNaO8. The molecular weight excluding hydrogens is 321 g/mol. The zero-order valence-electron chi connectivity index (χ0n) is 12.3. The van der Waals surface area contributed by atoms with E-state index in [9.17, 15) is 25.2 Å². The van der Waals surface area contributed by atoms with Gasteiger partial charge in [-0.25, -0.2) is 4.84 Å². The number of hydrogen-bond donors (Lipinski definition) is 5. The van der Waals surface area contributed by atoms with Gasteiger partial charge in [0.15, 0.2) is 0 Å². The van der Waals surface area contributed by atoms with Crippen LogP contribution in [-0.2, 0) is 9.57 Å². The summed E-state index contributed by atoms with van der Waals surface area (Å²) >= 11 is 0. The van der Waals surface area contributed by atoms with E-state index >= 15 is 0 Å². The largest absolute Gasteiger partial charge is 1.00 e. The Kier molecular flexibility index (Phi) is 7.87. The minimum absolute atomic E-state index is 0. The van der Waals surface area contributed by atoms with Crippen molar-refractivity contribution >= 4 is 11.7 Å². The fourth-order valence-corrected chi connectivity index (χ4v) is 2.04. The summed E-state index contributed by atoms with van der Waals surface area (Å²) in [7, 11) is 0. The van der Waals surface area contributed by atoms with E-state index < -0.39 is 43.3 Å². The van der Waals surface area contributed by atoms with E-state index in [1.54, 1.807) is 6.07 Å². The van der Waals surface area contributed by atoms with Gasteiger partial charge in [-0.1, -0.05) is 18.2 Å². The van der Waals surface area contributed by atoms with E-state index in [4.69, 9.17) is 14.7 Å². The molecule has 0 spiro atoms. The SMILES string of the molecule is O=C([O-])c1ccccc1NOC1O[C@H](CO)[C@@H](O)[C@H](O)[C@H]1O.[Na+]. The molecule has 9 nitrogen and oxygen atoms in total. The predicted molar refractivity (Wildman–Crippen MR) is 69.2 cm³/mol. The summed E-state index contributed by atoms with van der Waals surface area (Å²) in [6, 6.07) is 5.72. The Morgan fingerprint density at radius 1 is 1.22 bits per heavy atom. The average Bonchev–Trinajstić information content (AvgIpc) is 2.52. The molecule has 1 heterocycles. The van der Waals surface area contributed by atoms with Crippen molar-refractivity contribution in [2.45, 2.75) is 30.7 Å². The van der Waals surface area contributed by atoms with Crippen molar-refractivity contribution in [3.8, 4) is 0 Å². The topological polar surface area (TPSA) is 152 Å². The molecule has 1 aliphatic rings. The summed E-state index contributed by atoms with van der Waals surface area (Å²) in [5, 5.41) is 49.0. The van der Waals surface area contributed by atoms with Crippen molar-refractivity contribution in [3.05, 3.63) is 29.8 Å². The van der Waals surface area contributed by atoms with Gasteiger partial charge < -0.3 is 35.1 Å². The van der Waals surface area contributed by atoms with Crippen molar-refractivity contribution in [2.24, 2.45) is 0 Å². The first-order valence-corrected chi connectivity index (χ1v) is 6.48. The second-order valence-electron chi connectivity index (χ2n) is 4.75. The number of rotatable bonds is 5. The second kappa shape index (κ2) is 8.92. The third kappa shape index (κ3) is 4.63. The number of carbonyl (C=O) groups is 1. The molecule has 1 aliphatic heterocycles. The Morgan fingerprint density at radius 3 is 2.48 bits per heavy atom. The number of aliphatic hydroxyl groups excluding tert-OH is 4. The summed E-state index contributed by atoms with van der Waals surface area (Å²) in [5.41, 5.74) is 2.18. The third-order valence-electron chi connectivity index (χ3n) is 3.28. The van der Waals surface area contributed by atoms with Crippen LogP contribution in [0.25, 0.3) is 0 Å². The number of aliphatic hydroxyl groups is 4. The van der Waals surface area contributed by atoms with Gasteiger partial charge in [0.25, 0.3) is 0 Å². The number of anilines is 1. The van der Waals surface area contributed by atoms with E-state index in [-0.39, 0.29) is 40.8 Å². The molecule has 5 N–H and O–H groups in total. The normalized spacial score (nSPS) is 30.3. The molecule has 0 saturated carbocycles. The first-order valence-electron chi connectivity index (χ1n) is 6.48. The van der Waals surface area contributed by atoms with Gasteiger partial charge in [-0.2, -0.15) is 0 Å². The number of benzene rings is 1. The fourth-order valence-electron chi connectivity index (χ4n) is 2.04. The Hall–Kier alpha value is -0.750. The Morgan fingerprint density at radius 2 is 1.87 bits per heavy atom. The molecule has 10 heteroatoms. The maximum Gasteiger partial charge on any atom is 1.00 e. The molecule has 1 saturated heterocycles. The van der Waals surface area contributed by atoms with Gasteiger partial charge in [-0.05, 0) is 6.07 Å². The number of hydrogen-bond acceptors (Lipinski definition) is 9. The van der Waals surface area contributed by atoms with Gasteiger partial charge in [-0.15, -0.1) is 0 Å². The molecule has 1 aromatic carbocycles. The molecule has 0 bridgehead atoms. The van der Waals surface area contributed by atoms with E-state index in [1.165, 1.54) is 18.2 Å². The standard InChI is InChI=1S/C13H17NO8.Na/c15-5-8-9(16)10(17)11(18)13(21-8)22-14-7-4-2-1-3-6(7)12(19)20;/h1-4,8-11,13-18H,5H2,(H,19,20);/q;+1/p-1/t8-,9-,10+,11-,13?;/m1./s1. The summed E-state index contributed by atoms with van der Waals surface area (Å²) in [6.07, 6.45) is -7.24. The zero-order valence-corrected chi connectivity index (χ0v) is 14.3. The van der Waals surface area contributed by atoms with Crippen LogP contribution < -0.4 is 40.1 Å². The molecule has 0 amide bonds. The molecule has 5 atom stereocenters. The Balaban J connectivity index is 0.00000264. The Labute approximate surface area is 153 Å². The summed E-state index contributed by atoms with van der Waals surface area (Å²) in [5.74, 6) is -1.43. The van der Waals surface area contributed by atoms with E-state index in [1.807, 2.05) is 0 Å². The minimum Gasteiger partial charge on any atom is -0.545 e. The van der Waals surface area contributed by atoms with Crippen LogP contribution >= 0.6 is 0 Å². The maximum absolute atomic E-state index is 10.9. The van der Waals surface area contributed by atoms with Crippen LogP contribution in [0.4, 0.5) is 5.69 Å². The summed E-state index contributed by atoms with van der Waals surface area (Å²) < 4.78 is 5.09. The van der Waals surface area contributed by atoms with Gasteiger partial charge in [0, 0.05) is 5.56 Å². The van der Waals surface area contributed by atoms with E-state index in [0.29, 0.717) is 0 Å². The number of carboxylic acid groups (broad SMARTS) is 1. The van der Waals surface area contributed by atoms with Crippen LogP contribution in [0.1, 0.15) is 10.4 Å². The van der Waals surface area contributed by atoms with Gasteiger partial charge in [0.2, 0.25) is 6.29 Å². The van der Waals surface area contributed by atoms with Crippen molar-refractivity contribution in [1.82, 2.24) is 0 Å². The first kappa shape index (κ1) is 20.3. The fraction of sp³-hybridized carbons (Fsp3) is 0.462. The van der Waals surface area contributed by atoms with Crippen molar-refractivity contribution in [1.29, 1.82) is 0 Å². The average molecular weight is 337 g/mol. The van der Waals surface area contributed by atoms with Crippen molar-refractivity contribution < 1.29 is 69.5 Å². The van der Waals surface area contributed by atoms with Crippen LogP contribution in [0.15, 0.2) is 24.3 Å². The molecule has 1 fully saturated rings. The molecule has 0 radical (unpaired) electrons. The second-order valence-corrected chi connectivity index (χ2v) is 4.75. The zero-order chi connectivity index (χ0) is 16.3. The number of aromatic carboxylic acids is 1. The van der Waals surface area contributed by atoms with Crippen LogP contribution in [-0.4, -0.2) is 63.7 Å².